The van der Waals surface area contributed by atoms with E-state index in [1.165, 1.54) is 36.7 Å². The number of aromatic nitrogens is 2. The van der Waals surface area contributed by atoms with Gasteiger partial charge in [0.15, 0.2) is 5.13 Å². The molecule has 2 aromatic heterocycles. The smallest absolute Gasteiger partial charge is 0.340 e. The van der Waals surface area contributed by atoms with Crippen LogP contribution in [0.25, 0.3) is 0 Å². The number of nitrogens with two attached hydrogens (primary N) is 1. The SMILES string of the molecule is COC(=O)c1cc(Nc2nc3c(s2)CCCC3)ncc1N. The van der Waals surface area contributed by atoms with E-state index >= 15 is 0 Å². The van der Waals surface area contributed by atoms with Gasteiger partial charge in [-0.1, -0.05) is 0 Å². The molecule has 0 aliphatic heterocycles. The lowest BCUT2D eigenvalue weighted by Gasteiger charge is -2.06. The van der Waals surface area contributed by atoms with Crippen molar-refractivity contribution in [1.29, 1.82) is 0 Å². The first-order valence-corrected chi connectivity index (χ1v) is 7.58. The van der Waals surface area contributed by atoms with E-state index in [9.17, 15) is 4.79 Å². The number of pyridine rings is 1. The van der Waals surface area contributed by atoms with Crippen molar-refractivity contribution in [2.45, 2.75) is 25.7 Å². The zero-order valence-corrected chi connectivity index (χ0v) is 12.5. The Morgan fingerprint density at radius 3 is 3.00 bits per heavy atom. The fourth-order valence-corrected chi connectivity index (χ4v) is 3.39. The number of rotatable bonds is 3. The summed E-state index contributed by atoms with van der Waals surface area (Å²) in [4.78, 5) is 21.7. The number of ether oxygens (including phenoxy) is 1. The molecule has 1 aliphatic rings. The number of nitrogen functional groups attached to an aromatic ring is 1. The maximum atomic E-state index is 11.6. The van der Waals surface area contributed by atoms with Crippen LogP contribution in [0.4, 0.5) is 16.6 Å². The van der Waals surface area contributed by atoms with Gasteiger partial charge in [-0.25, -0.2) is 14.8 Å². The molecule has 1 aliphatic carbocycles. The number of nitrogens with zero attached hydrogens (tertiary/aromatic N) is 2. The van der Waals surface area contributed by atoms with Crippen LogP contribution >= 0.6 is 11.3 Å². The topological polar surface area (TPSA) is 90.1 Å². The van der Waals surface area contributed by atoms with Crippen LogP contribution in [0.1, 0.15) is 33.8 Å². The predicted molar refractivity (Wildman–Crippen MR) is 82.0 cm³/mol. The van der Waals surface area contributed by atoms with Crippen LogP contribution < -0.4 is 11.1 Å². The Labute approximate surface area is 126 Å². The zero-order valence-electron chi connectivity index (χ0n) is 11.7. The first kappa shape index (κ1) is 13.8. The highest BCUT2D eigenvalue weighted by Crippen LogP contribution is 2.31. The predicted octanol–water partition coefficient (Wildman–Crippen LogP) is 2.53. The molecule has 7 heteroatoms. The number of carbonyl (C=O) groups excluding carboxylic acids is 1. The number of anilines is 3. The summed E-state index contributed by atoms with van der Waals surface area (Å²) in [5.41, 5.74) is 7.51. The van der Waals surface area contributed by atoms with Gasteiger partial charge in [0.25, 0.3) is 0 Å². The molecule has 0 unspecified atom stereocenters. The van der Waals surface area contributed by atoms with Gasteiger partial charge in [0.1, 0.15) is 5.82 Å². The molecule has 21 heavy (non-hydrogen) atoms. The van der Waals surface area contributed by atoms with Gasteiger partial charge in [0, 0.05) is 4.88 Å². The molecule has 0 spiro atoms. The molecule has 2 aromatic rings. The fourth-order valence-electron chi connectivity index (χ4n) is 2.34. The molecule has 3 N–H and O–H groups in total. The molecular formula is C14H16N4O2S. The number of aryl methyl sites for hydroxylation is 2. The first-order valence-electron chi connectivity index (χ1n) is 6.77. The molecule has 110 valence electrons. The van der Waals surface area contributed by atoms with Gasteiger partial charge in [0.05, 0.1) is 30.3 Å². The summed E-state index contributed by atoms with van der Waals surface area (Å²) in [5, 5.41) is 3.94. The van der Waals surface area contributed by atoms with E-state index in [2.05, 4.69) is 15.3 Å². The van der Waals surface area contributed by atoms with Crippen molar-refractivity contribution in [2.75, 3.05) is 18.2 Å². The van der Waals surface area contributed by atoms with Crippen molar-refractivity contribution < 1.29 is 9.53 Å². The van der Waals surface area contributed by atoms with Gasteiger partial charge < -0.3 is 15.8 Å². The average molecular weight is 304 g/mol. The molecule has 0 amide bonds. The number of nitrogens with one attached hydrogen (secondary N) is 1. The minimum atomic E-state index is -0.476. The molecule has 0 saturated heterocycles. The van der Waals surface area contributed by atoms with E-state index in [1.54, 1.807) is 17.4 Å². The summed E-state index contributed by atoms with van der Waals surface area (Å²) >= 11 is 1.64. The van der Waals surface area contributed by atoms with E-state index in [-0.39, 0.29) is 0 Å². The number of methoxy groups -OCH3 is 1. The van der Waals surface area contributed by atoms with Crippen LogP contribution in [0.2, 0.25) is 0 Å². The maximum Gasteiger partial charge on any atom is 0.340 e. The third kappa shape index (κ3) is 2.82. The van der Waals surface area contributed by atoms with Gasteiger partial charge in [-0.3, -0.25) is 0 Å². The fraction of sp³-hybridized carbons (Fsp3) is 0.357. The Morgan fingerprint density at radius 2 is 2.24 bits per heavy atom. The Kier molecular flexibility index (Phi) is 3.74. The Bertz CT molecular complexity index is 660. The van der Waals surface area contributed by atoms with E-state index in [0.29, 0.717) is 17.1 Å². The summed E-state index contributed by atoms with van der Waals surface area (Å²) in [6, 6.07) is 1.58. The van der Waals surface area contributed by atoms with E-state index in [1.807, 2.05) is 0 Å². The molecule has 3 rings (SSSR count). The Morgan fingerprint density at radius 1 is 1.43 bits per heavy atom. The van der Waals surface area contributed by atoms with Crippen molar-refractivity contribution in [1.82, 2.24) is 9.97 Å². The second kappa shape index (κ2) is 5.69. The van der Waals surface area contributed by atoms with Crippen LogP contribution in [-0.4, -0.2) is 23.0 Å². The number of esters is 1. The molecule has 0 bridgehead atoms. The quantitative estimate of drug-likeness (QED) is 0.847. The van der Waals surface area contributed by atoms with Gasteiger partial charge in [0.2, 0.25) is 0 Å². The standard InChI is InChI=1S/C14H16N4O2S/c1-20-13(19)8-6-12(16-7-9(8)15)18-14-17-10-4-2-3-5-11(10)21-14/h6-7H,2-5,15H2,1H3,(H,16,17,18). The van der Waals surface area contributed by atoms with E-state index in [4.69, 9.17) is 10.5 Å². The van der Waals surface area contributed by atoms with Crippen molar-refractivity contribution >= 4 is 33.9 Å². The highest BCUT2D eigenvalue weighted by Gasteiger charge is 2.16. The third-order valence-electron chi connectivity index (χ3n) is 3.42. The molecule has 6 nitrogen and oxygen atoms in total. The minimum absolute atomic E-state index is 0.297. The third-order valence-corrected chi connectivity index (χ3v) is 4.49. The monoisotopic (exact) mass is 304 g/mol. The van der Waals surface area contributed by atoms with E-state index < -0.39 is 5.97 Å². The van der Waals surface area contributed by atoms with Gasteiger partial charge in [-0.05, 0) is 31.7 Å². The number of hydrogen-bond donors (Lipinski definition) is 2. The molecule has 0 radical (unpaired) electrons. The van der Waals surface area contributed by atoms with Crippen molar-refractivity contribution in [3.8, 4) is 0 Å². The molecule has 0 aromatic carbocycles. The lowest BCUT2D eigenvalue weighted by Crippen LogP contribution is -2.07. The van der Waals surface area contributed by atoms with Gasteiger partial charge in [-0.15, -0.1) is 11.3 Å². The van der Waals surface area contributed by atoms with Crippen molar-refractivity contribution in [3.05, 3.63) is 28.4 Å². The second-order valence-electron chi connectivity index (χ2n) is 4.87. The lowest BCUT2D eigenvalue weighted by atomic mass is 10.0. The number of thiazole rings is 1. The summed E-state index contributed by atoms with van der Waals surface area (Å²) in [6.45, 7) is 0. The van der Waals surface area contributed by atoms with Gasteiger partial charge >= 0.3 is 5.97 Å². The summed E-state index contributed by atoms with van der Waals surface area (Å²) in [6.07, 6.45) is 6.00. The molecule has 0 atom stereocenters. The summed E-state index contributed by atoms with van der Waals surface area (Å²) in [5.74, 6) is 0.0621. The second-order valence-corrected chi connectivity index (χ2v) is 5.95. The van der Waals surface area contributed by atoms with Gasteiger partial charge in [-0.2, -0.15) is 0 Å². The molecule has 0 fully saturated rings. The van der Waals surface area contributed by atoms with Crippen molar-refractivity contribution in [3.63, 3.8) is 0 Å². The maximum absolute atomic E-state index is 11.6. The normalized spacial score (nSPS) is 13.6. The zero-order chi connectivity index (χ0) is 14.8. The Hall–Kier alpha value is -2.15. The van der Waals surface area contributed by atoms with Crippen LogP contribution in [0, 0.1) is 0 Å². The molecule has 0 saturated carbocycles. The van der Waals surface area contributed by atoms with Crippen LogP contribution in [0.3, 0.4) is 0 Å². The van der Waals surface area contributed by atoms with Crippen LogP contribution in [0.5, 0.6) is 0 Å². The highest BCUT2D eigenvalue weighted by molar-refractivity contribution is 7.15. The summed E-state index contributed by atoms with van der Waals surface area (Å²) < 4.78 is 4.70. The first-order chi connectivity index (χ1) is 10.2. The van der Waals surface area contributed by atoms with Crippen LogP contribution in [0.15, 0.2) is 12.3 Å². The lowest BCUT2D eigenvalue weighted by molar-refractivity contribution is 0.0602. The minimum Gasteiger partial charge on any atom is -0.465 e. The average Bonchev–Trinajstić information content (AvgIpc) is 2.90. The molecule has 2 heterocycles. The highest BCUT2D eigenvalue weighted by atomic mass is 32.1. The van der Waals surface area contributed by atoms with Crippen LogP contribution in [-0.2, 0) is 17.6 Å². The molecular weight excluding hydrogens is 288 g/mol. The number of fused-ring (bicyclic) bond motifs is 1. The van der Waals surface area contributed by atoms with E-state index in [0.717, 1.165) is 18.0 Å². The number of carbonyl (C=O) groups is 1. The number of hydrogen-bond acceptors (Lipinski definition) is 7. The Balaban J connectivity index is 1.84. The largest absolute Gasteiger partial charge is 0.465 e. The summed E-state index contributed by atoms with van der Waals surface area (Å²) in [7, 11) is 1.32. The van der Waals surface area contributed by atoms with Crippen molar-refractivity contribution in [2.24, 2.45) is 0 Å².